The molecule has 2 heteroatoms. The Morgan fingerprint density at radius 2 is 1.32 bits per heavy atom. The third kappa shape index (κ3) is 6.89. The van der Waals surface area contributed by atoms with Crippen LogP contribution in [0, 0.1) is 23.5 Å². The largest absolute Gasteiger partial charge is 0.203 e. The van der Waals surface area contributed by atoms with Crippen LogP contribution in [0.5, 0.6) is 0 Å². The Kier molecular flexibility index (Phi) is 9.55. The fourth-order valence-electron chi connectivity index (χ4n) is 5.10. The third-order valence-corrected chi connectivity index (χ3v) is 7.25. The number of benzene rings is 2. The summed E-state index contributed by atoms with van der Waals surface area (Å²) in [7, 11) is 0. The number of aryl methyl sites for hydroxylation is 2. The second-order valence-electron chi connectivity index (χ2n) is 9.62. The van der Waals surface area contributed by atoms with Crippen molar-refractivity contribution in [3.05, 3.63) is 59.2 Å². The number of hydrogen-bond acceptors (Lipinski definition) is 0. The summed E-state index contributed by atoms with van der Waals surface area (Å²) >= 11 is 0. The minimum atomic E-state index is -0.695. The summed E-state index contributed by atoms with van der Waals surface area (Å²) in [5.41, 5.74) is 2.93. The molecule has 0 aliphatic heterocycles. The molecule has 0 bridgehead atoms. The average Bonchev–Trinajstić information content (AvgIpc) is 2.80. The zero-order valence-corrected chi connectivity index (χ0v) is 19.6. The van der Waals surface area contributed by atoms with E-state index in [1.807, 2.05) is 24.3 Å². The lowest BCUT2D eigenvalue weighted by atomic mass is 9.78. The minimum Gasteiger partial charge on any atom is -0.203 e. The molecular weight excluding hydrogens is 386 g/mol. The Hall–Kier alpha value is -1.70. The predicted molar refractivity (Wildman–Crippen MR) is 128 cm³/mol. The van der Waals surface area contributed by atoms with Gasteiger partial charge in [-0.3, -0.25) is 0 Å². The van der Waals surface area contributed by atoms with E-state index in [-0.39, 0.29) is 0 Å². The lowest BCUT2D eigenvalue weighted by Gasteiger charge is -2.28. The predicted octanol–water partition coefficient (Wildman–Crippen LogP) is 9.29. The third-order valence-electron chi connectivity index (χ3n) is 7.25. The first-order chi connectivity index (χ1) is 15.1. The molecule has 0 aromatic heterocycles. The van der Waals surface area contributed by atoms with Crippen molar-refractivity contribution in [2.24, 2.45) is 11.8 Å². The van der Waals surface area contributed by atoms with Gasteiger partial charge in [-0.05, 0) is 54.2 Å². The standard InChI is InChI=1S/C29H40F2/c1-3-5-7-9-23-14-17-25(18-15-23)27-21-20-26(28(30)29(27)31)19-16-24-12-10-22(11-13-24)8-6-4-2/h14-15,17-18,20-22,24H,3-13,16,19H2,1-2H3/t22-,24-. The maximum atomic E-state index is 14.9. The molecule has 0 unspecified atom stereocenters. The maximum absolute atomic E-state index is 14.9. The highest BCUT2D eigenvalue weighted by atomic mass is 19.2. The van der Waals surface area contributed by atoms with Gasteiger partial charge in [0.25, 0.3) is 0 Å². The van der Waals surface area contributed by atoms with Gasteiger partial charge in [-0.25, -0.2) is 8.78 Å². The van der Waals surface area contributed by atoms with Crippen molar-refractivity contribution in [2.75, 3.05) is 0 Å². The molecule has 0 N–H and O–H groups in total. The van der Waals surface area contributed by atoms with Crippen LogP contribution in [0.15, 0.2) is 36.4 Å². The SMILES string of the molecule is CCCCCc1ccc(-c2ccc(CC[C@H]3CC[C@H](CCCC)CC3)c(F)c2F)cc1. The fourth-order valence-corrected chi connectivity index (χ4v) is 5.10. The van der Waals surface area contributed by atoms with Crippen molar-refractivity contribution in [2.45, 2.75) is 97.3 Å². The van der Waals surface area contributed by atoms with E-state index < -0.39 is 11.6 Å². The number of hydrogen-bond donors (Lipinski definition) is 0. The summed E-state index contributed by atoms with van der Waals surface area (Å²) < 4.78 is 29.7. The van der Waals surface area contributed by atoms with Crippen LogP contribution in [-0.4, -0.2) is 0 Å². The molecule has 0 saturated heterocycles. The zero-order valence-electron chi connectivity index (χ0n) is 19.6. The molecule has 0 nitrogen and oxygen atoms in total. The van der Waals surface area contributed by atoms with Crippen LogP contribution in [0.2, 0.25) is 0 Å². The van der Waals surface area contributed by atoms with E-state index in [0.717, 1.165) is 24.3 Å². The molecule has 170 valence electrons. The van der Waals surface area contributed by atoms with Crippen molar-refractivity contribution in [1.29, 1.82) is 0 Å². The Morgan fingerprint density at radius 1 is 0.677 bits per heavy atom. The van der Waals surface area contributed by atoms with Gasteiger partial charge >= 0.3 is 0 Å². The van der Waals surface area contributed by atoms with Crippen LogP contribution in [0.25, 0.3) is 11.1 Å². The van der Waals surface area contributed by atoms with Crippen molar-refractivity contribution in [1.82, 2.24) is 0 Å². The van der Waals surface area contributed by atoms with Crippen LogP contribution in [0.1, 0.15) is 95.6 Å². The maximum Gasteiger partial charge on any atom is 0.166 e. The molecule has 0 radical (unpaired) electrons. The van der Waals surface area contributed by atoms with Crippen LogP contribution < -0.4 is 0 Å². The Bertz CT molecular complexity index is 785. The second-order valence-corrected chi connectivity index (χ2v) is 9.62. The highest BCUT2D eigenvalue weighted by molar-refractivity contribution is 5.65. The summed E-state index contributed by atoms with van der Waals surface area (Å²) in [6, 6.07) is 11.5. The smallest absolute Gasteiger partial charge is 0.166 e. The summed E-state index contributed by atoms with van der Waals surface area (Å²) in [4.78, 5) is 0. The first-order valence-electron chi connectivity index (χ1n) is 12.7. The molecular formula is C29H40F2. The quantitative estimate of drug-likeness (QED) is 0.314. The van der Waals surface area contributed by atoms with E-state index in [2.05, 4.69) is 13.8 Å². The fraction of sp³-hybridized carbons (Fsp3) is 0.586. The van der Waals surface area contributed by atoms with Gasteiger partial charge in [-0.1, -0.05) is 108 Å². The number of unbranched alkanes of at least 4 members (excludes halogenated alkanes) is 3. The summed E-state index contributed by atoms with van der Waals surface area (Å²) in [5, 5.41) is 0. The molecule has 2 aromatic carbocycles. The highest BCUT2D eigenvalue weighted by Gasteiger charge is 2.22. The molecule has 31 heavy (non-hydrogen) atoms. The monoisotopic (exact) mass is 426 g/mol. The van der Waals surface area contributed by atoms with Gasteiger partial charge in [0.05, 0.1) is 0 Å². The van der Waals surface area contributed by atoms with Crippen LogP contribution in [-0.2, 0) is 12.8 Å². The molecule has 0 spiro atoms. The van der Waals surface area contributed by atoms with E-state index in [1.54, 1.807) is 12.1 Å². The van der Waals surface area contributed by atoms with Gasteiger partial charge in [0, 0.05) is 5.56 Å². The zero-order chi connectivity index (χ0) is 22.1. The van der Waals surface area contributed by atoms with Gasteiger partial charge in [0.1, 0.15) is 0 Å². The molecule has 2 aromatic rings. The first kappa shape index (κ1) is 24.0. The van der Waals surface area contributed by atoms with E-state index in [1.165, 1.54) is 69.8 Å². The Balaban J connectivity index is 1.56. The molecule has 1 fully saturated rings. The Morgan fingerprint density at radius 3 is 1.97 bits per heavy atom. The normalized spacial score (nSPS) is 19.0. The summed E-state index contributed by atoms with van der Waals surface area (Å²) in [6.45, 7) is 4.46. The van der Waals surface area contributed by atoms with Crippen molar-refractivity contribution in [3.8, 4) is 11.1 Å². The van der Waals surface area contributed by atoms with E-state index in [9.17, 15) is 8.78 Å². The number of halogens is 2. The second kappa shape index (κ2) is 12.4. The van der Waals surface area contributed by atoms with Gasteiger partial charge in [0.2, 0.25) is 0 Å². The van der Waals surface area contributed by atoms with Crippen LogP contribution in [0.4, 0.5) is 8.78 Å². The Labute approximate surface area is 188 Å². The topological polar surface area (TPSA) is 0 Å². The lowest BCUT2D eigenvalue weighted by Crippen LogP contribution is -2.15. The van der Waals surface area contributed by atoms with E-state index in [0.29, 0.717) is 23.5 Å². The van der Waals surface area contributed by atoms with Crippen LogP contribution >= 0.6 is 0 Å². The van der Waals surface area contributed by atoms with Crippen molar-refractivity contribution >= 4 is 0 Å². The molecule has 1 aliphatic carbocycles. The lowest BCUT2D eigenvalue weighted by molar-refractivity contribution is 0.249. The van der Waals surface area contributed by atoms with Gasteiger partial charge in [-0.2, -0.15) is 0 Å². The molecule has 1 aliphatic rings. The van der Waals surface area contributed by atoms with E-state index >= 15 is 0 Å². The molecule has 0 heterocycles. The first-order valence-corrected chi connectivity index (χ1v) is 12.7. The number of rotatable bonds is 11. The van der Waals surface area contributed by atoms with Gasteiger partial charge in [0.15, 0.2) is 11.6 Å². The van der Waals surface area contributed by atoms with Crippen molar-refractivity contribution < 1.29 is 8.78 Å². The van der Waals surface area contributed by atoms with Gasteiger partial charge in [-0.15, -0.1) is 0 Å². The molecule has 0 amide bonds. The molecule has 1 saturated carbocycles. The average molecular weight is 427 g/mol. The van der Waals surface area contributed by atoms with Crippen molar-refractivity contribution in [3.63, 3.8) is 0 Å². The highest BCUT2D eigenvalue weighted by Crippen LogP contribution is 2.35. The van der Waals surface area contributed by atoms with E-state index in [4.69, 9.17) is 0 Å². The molecule has 0 atom stereocenters. The van der Waals surface area contributed by atoms with Gasteiger partial charge < -0.3 is 0 Å². The summed E-state index contributed by atoms with van der Waals surface area (Å²) in [6.07, 6.45) is 15.4. The van der Waals surface area contributed by atoms with Crippen LogP contribution in [0.3, 0.4) is 0 Å². The minimum absolute atomic E-state index is 0.373. The molecule has 3 rings (SSSR count). The summed E-state index contributed by atoms with van der Waals surface area (Å²) in [5.74, 6) is 0.212.